The molecule has 0 spiro atoms. The highest BCUT2D eigenvalue weighted by atomic mass is 32.2. The van der Waals surface area contributed by atoms with Gasteiger partial charge < -0.3 is 10.5 Å². The molecule has 0 unspecified atom stereocenters. The summed E-state index contributed by atoms with van der Waals surface area (Å²) in [5, 5.41) is 0. The Hall–Kier alpha value is -1.55. The summed E-state index contributed by atoms with van der Waals surface area (Å²) >= 11 is 3.14. The van der Waals surface area contributed by atoms with Gasteiger partial charge in [-0.15, -0.1) is 0 Å². The lowest BCUT2D eigenvalue weighted by atomic mass is 10.1. The van der Waals surface area contributed by atoms with Crippen LogP contribution in [0.25, 0.3) is 0 Å². The molecule has 2 rings (SSSR count). The van der Waals surface area contributed by atoms with Crippen LogP contribution in [0.3, 0.4) is 0 Å². The van der Waals surface area contributed by atoms with Gasteiger partial charge in [-0.1, -0.05) is 36.6 Å². The predicted octanol–water partition coefficient (Wildman–Crippen LogP) is 2.71. The van der Waals surface area contributed by atoms with Crippen LogP contribution in [0.2, 0.25) is 0 Å². The van der Waals surface area contributed by atoms with Gasteiger partial charge in [-0.2, -0.15) is 4.37 Å². The van der Waals surface area contributed by atoms with Gasteiger partial charge in [-0.25, -0.2) is 4.98 Å². The topological polar surface area (TPSA) is 61.0 Å². The number of nitrogens with two attached hydrogens (primary N) is 1. The van der Waals surface area contributed by atoms with Crippen molar-refractivity contribution in [3.05, 3.63) is 35.2 Å². The Morgan fingerprint density at radius 2 is 2.29 bits per heavy atom. The molecular weight excluding hydrogens is 302 g/mol. The summed E-state index contributed by atoms with van der Waals surface area (Å²) in [6, 6.07) is 6.02. The molecule has 0 amide bonds. The number of rotatable bonds is 5. The molecule has 1 aromatic carbocycles. The Balaban J connectivity index is 2.09. The van der Waals surface area contributed by atoms with Gasteiger partial charge in [-0.05, 0) is 29.2 Å². The number of nitrogens with zero attached hydrogens (tertiary/aromatic N) is 2. The number of hydrogen-bond acceptors (Lipinski definition) is 6. The van der Waals surface area contributed by atoms with E-state index in [4.69, 9.17) is 10.5 Å². The van der Waals surface area contributed by atoms with Crippen LogP contribution in [0.5, 0.6) is 5.75 Å². The third-order valence-corrected chi connectivity index (χ3v) is 4.66. The van der Waals surface area contributed by atoms with Crippen LogP contribution in [-0.4, -0.2) is 23.0 Å². The Labute approximate surface area is 133 Å². The number of methoxy groups -OCH3 is 1. The van der Waals surface area contributed by atoms with Crippen LogP contribution in [0.1, 0.15) is 23.9 Å². The van der Waals surface area contributed by atoms with Crippen molar-refractivity contribution in [2.45, 2.75) is 23.4 Å². The largest absolute Gasteiger partial charge is 0.495 e. The van der Waals surface area contributed by atoms with Crippen LogP contribution in [0.15, 0.2) is 22.5 Å². The average molecular weight is 319 g/mol. The third-order valence-electron chi connectivity index (χ3n) is 2.72. The smallest absolute Gasteiger partial charge is 0.170 e. The van der Waals surface area contributed by atoms with Crippen LogP contribution < -0.4 is 10.5 Å². The summed E-state index contributed by atoms with van der Waals surface area (Å²) in [5.74, 6) is 8.42. The van der Waals surface area contributed by atoms with Crippen LogP contribution in [0.4, 0.5) is 0 Å². The first-order chi connectivity index (χ1) is 10.3. The highest BCUT2D eigenvalue weighted by Crippen LogP contribution is 2.27. The number of aryl methyl sites for hydroxylation is 1. The minimum atomic E-state index is 0.340. The molecule has 0 radical (unpaired) electrons. The maximum atomic E-state index is 5.42. The SMILES string of the molecule is CCc1nsc(SCc2ccc(OC)c(C#CCN)c2)n1. The first-order valence-corrected chi connectivity index (χ1v) is 8.34. The lowest BCUT2D eigenvalue weighted by Gasteiger charge is -2.06. The van der Waals surface area contributed by atoms with Gasteiger partial charge in [0.1, 0.15) is 11.6 Å². The monoisotopic (exact) mass is 319 g/mol. The maximum absolute atomic E-state index is 5.42. The lowest BCUT2D eigenvalue weighted by Crippen LogP contribution is -1.94. The summed E-state index contributed by atoms with van der Waals surface area (Å²) in [6.45, 7) is 2.40. The first-order valence-electron chi connectivity index (χ1n) is 6.58. The zero-order valence-electron chi connectivity index (χ0n) is 12.0. The molecule has 0 aliphatic rings. The Kier molecular flexibility index (Phi) is 6.05. The van der Waals surface area contributed by atoms with Crippen molar-refractivity contribution in [2.24, 2.45) is 5.73 Å². The quantitative estimate of drug-likeness (QED) is 0.678. The second kappa shape index (κ2) is 8.03. The number of benzene rings is 1. The molecule has 4 nitrogen and oxygen atoms in total. The normalized spacial score (nSPS) is 10.0. The zero-order valence-corrected chi connectivity index (χ0v) is 13.7. The van der Waals surface area contributed by atoms with Crippen LogP contribution in [-0.2, 0) is 12.2 Å². The van der Waals surface area contributed by atoms with Gasteiger partial charge >= 0.3 is 0 Å². The fraction of sp³-hybridized carbons (Fsp3) is 0.333. The van der Waals surface area contributed by atoms with E-state index in [1.165, 1.54) is 17.1 Å². The summed E-state index contributed by atoms with van der Waals surface area (Å²) in [4.78, 5) is 4.45. The van der Waals surface area contributed by atoms with E-state index >= 15 is 0 Å². The molecule has 2 N–H and O–H groups in total. The third kappa shape index (κ3) is 4.46. The Morgan fingerprint density at radius 1 is 1.43 bits per heavy atom. The number of thioether (sulfide) groups is 1. The zero-order chi connectivity index (χ0) is 15.1. The maximum Gasteiger partial charge on any atom is 0.170 e. The van der Waals surface area contributed by atoms with E-state index < -0.39 is 0 Å². The van der Waals surface area contributed by atoms with E-state index in [-0.39, 0.29) is 0 Å². The van der Waals surface area contributed by atoms with Crippen molar-refractivity contribution in [2.75, 3.05) is 13.7 Å². The van der Waals surface area contributed by atoms with Crippen molar-refractivity contribution in [3.63, 3.8) is 0 Å². The van der Waals surface area contributed by atoms with Crippen LogP contribution >= 0.6 is 23.3 Å². The van der Waals surface area contributed by atoms with Gasteiger partial charge in [0.2, 0.25) is 0 Å². The minimum Gasteiger partial charge on any atom is -0.495 e. The molecule has 0 atom stereocenters. The highest BCUT2D eigenvalue weighted by Gasteiger charge is 2.06. The molecule has 0 fully saturated rings. The van der Waals surface area contributed by atoms with Gasteiger partial charge in [0.05, 0.1) is 19.2 Å². The van der Waals surface area contributed by atoms with E-state index in [0.29, 0.717) is 6.54 Å². The van der Waals surface area contributed by atoms with E-state index in [1.807, 2.05) is 18.2 Å². The molecule has 110 valence electrons. The number of ether oxygens (including phenoxy) is 1. The molecule has 0 saturated heterocycles. The molecule has 0 aliphatic carbocycles. The first kappa shape index (κ1) is 15.8. The van der Waals surface area contributed by atoms with Gasteiger partial charge in [0, 0.05) is 12.2 Å². The molecule has 0 saturated carbocycles. The molecule has 6 heteroatoms. The molecule has 2 aromatic rings. The van der Waals surface area contributed by atoms with Crippen molar-refractivity contribution >= 4 is 23.3 Å². The summed E-state index contributed by atoms with van der Waals surface area (Å²) < 4.78 is 10.6. The molecular formula is C15H17N3OS2. The second-order valence-electron chi connectivity index (χ2n) is 4.16. The van der Waals surface area contributed by atoms with Crippen molar-refractivity contribution in [3.8, 4) is 17.6 Å². The van der Waals surface area contributed by atoms with Crippen molar-refractivity contribution in [1.82, 2.24) is 9.36 Å². The number of hydrogen-bond donors (Lipinski definition) is 1. The fourth-order valence-electron chi connectivity index (χ4n) is 1.67. The Bertz CT molecular complexity index is 658. The van der Waals surface area contributed by atoms with Gasteiger partial charge in [0.15, 0.2) is 4.34 Å². The molecule has 21 heavy (non-hydrogen) atoms. The van der Waals surface area contributed by atoms with Crippen molar-refractivity contribution < 1.29 is 4.74 Å². The number of aromatic nitrogens is 2. The summed E-state index contributed by atoms with van der Waals surface area (Å²) in [5.41, 5.74) is 7.47. The molecule has 0 bridgehead atoms. The van der Waals surface area contributed by atoms with E-state index in [9.17, 15) is 0 Å². The van der Waals surface area contributed by atoms with Gasteiger partial charge in [0.25, 0.3) is 0 Å². The molecule has 1 aromatic heterocycles. The van der Waals surface area contributed by atoms with E-state index in [2.05, 4.69) is 28.1 Å². The van der Waals surface area contributed by atoms with E-state index in [0.717, 1.165) is 33.7 Å². The van der Waals surface area contributed by atoms with E-state index in [1.54, 1.807) is 18.9 Å². The summed E-state index contributed by atoms with van der Waals surface area (Å²) in [7, 11) is 1.64. The minimum absolute atomic E-state index is 0.340. The highest BCUT2D eigenvalue weighted by molar-refractivity contribution is 8.00. The fourth-order valence-corrected chi connectivity index (χ4v) is 3.31. The average Bonchev–Trinajstić information content (AvgIpc) is 2.99. The summed E-state index contributed by atoms with van der Waals surface area (Å²) in [6.07, 6.45) is 0.873. The second-order valence-corrected chi connectivity index (χ2v) is 6.13. The van der Waals surface area contributed by atoms with Crippen molar-refractivity contribution in [1.29, 1.82) is 0 Å². The molecule has 1 heterocycles. The van der Waals surface area contributed by atoms with Crippen LogP contribution in [0, 0.1) is 11.8 Å². The van der Waals surface area contributed by atoms with Gasteiger partial charge in [-0.3, -0.25) is 0 Å². The Morgan fingerprint density at radius 3 is 2.95 bits per heavy atom. The molecule has 0 aliphatic heterocycles. The standard InChI is InChI=1S/C15H17N3OS2/c1-3-14-17-15(21-18-14)20-10-11-6-7-13(19-2)12(9-11)5-4-8-16/h6-7,9H,3,8,10,16H2,1-2H3. The predicted molar refractivity (Wildman–Crippen MR) is 87.8 cm³/mol. The lowest BCUT2D eigenvalue weighted by molar-refractivity contribution is 0.413.